The molecule has 1 aromatic heterocycles. The Bertz CT molecular complexity index is 1040. The molecule has 0 saturated carbocycles. The van der Waals surface area contributed by atoms with Crippen LogP contribution in [0, 0.1) is 19.7 Å². The first-order valence-electron chi connectivity index (χ1n) is 11.2. The van der Waals surface area contributed by atoms with Gasteiger partial charge < -0.3 is 18.9 Å². The molecule has 1 amide bonds. The van der Waals surface area contributed by atoms with E-state index in [4.69, 9.17) is 9.47 Å². The molecule has 7 nitrogen and oxygen atoms in total. The molecule has 0 radical (unpaired) electrons. The van der Waals surface area contributed by atoms with Crippen LogP contribution in [0.1, 0.15) is 69.2 Å². The molecule has 2 heterocycles. The van der Waals surface area contributed by atoms with Crippen LogP contribution in [0.3, 0.4) is 0 Å². The van der Waals surface area contributed by atoms with Gasteiger partial charge in [0.2, 0.25) is 0 Å². The van der Waals surface area contributed by atoms with Crippen molar-refractivity contribution in [1.82, 2.24) is 9.47 Å². The number of hydrogen-bond donors (Lipinski definition) is 0. The van der Waals surface area contributed by atoms with E-state index < -0.39 is 17.8 Å². The normalized spacial score (nSPS) is 16.5. The Hall–Kier alpha value is -3.00. The average Bonchev–Trinajstić information content (AvgIpc) is 3.37. The summed E-state index contributed by atoms with van der Waals surface area (Å²) in [6, 6.07) is 4.45. The molecule has 0 spiro atoms. The highest BCUT2D eigenvalue weighted by Gasteiger charge is 2.34. The number of halogens is 1. The summed E-state index contributed by atoms with van der Waals surface area (Å²) in [4.78, 5) is 41.0. The summed E-state index contributed by atoms with van der Waals surface area (Å²) in [5.74, 6) is -1.58. The molecule has 1 aliphatic heterocycles. The number of carbonyl (C=O) groups excluding carboxylic acids is 3. The van der Waals surface area contributed by atoms with Crippen molar-refractivity contribution >= 4 is 17.7 Å². The van der Waals surface area contributed by atoms with E-state index in [2.05, 4.69) is 0 Å². The summed E-state index contributed by atoms with van der Waals surface area (Å²) in [7, 11) is 1.71. The van der Waals surface area contributed by atoms with E-state index >= 15 is 0 Å². The maximum absolute atomic E-state index is 13.7. The molecule has 178 valence electrons. The Balaban J connectivity index is 1.97. The number of ketones is 1. The van der Waals surface area contributed by atoms with Gasteiger partial charge in [-0.05, 0) is 70.4 Å². The zero-order valence-electron chi connectivity index (χ0n) is 19.8. The molecule has 33 heavy (non-hydrogen) atoms. The van der Waals surface area contributed by atoms with Crippen LogP contribution >= 0.6 is 0 Å². The molecular weight excluding hydrogens is 427 g/mol. The number of ether oxygens (including phenoxy) is 2. The first kappa shape index (κ1) is 24.6. The predicted octanol–water partition coefficient (Wildman–Crippen LogP) is 3.85. The average molecular weight is 459 g/mol. The highest BCUT2D eigenvalue weighted by molar-refractivity contribution is 6.07. The van der Waals surface area contributed by atoms with Crippen LogP contribution in [0.25, 0.3) is 0 Å². The Kier molecular flexibility index (Phi) is 7.68. The van der Waals surface area contributed by atoms with Gasteiger partial charge in [-0.25, -0.2) is 9.18 Å². The molecule has 3 rings (SSSR count). The zero-order valence-corrected chi connectivity index (χ0v) is 19.8. The molecule has 0 aliphatic carbocycles. The maximum atomic E-state index is 13.7. The molecule has 8 heteroatoms. The molecule has 2 unspecified atom stereocenters. The Morgan fingerprint density at radius 3 is 2.48 bits per heavy atom. The van der Waals surface area contributed by atoms with Gasteiger partial charge in [-0.1, -0.05) is 0 Å². The molecule has 0 bridgehead atoms. The molecule has 1 aliphatic rings. The first-order chi connectivity index (χ1) is 15.7. The van der Waals surface area contributed by atoms with Crippen LogP contribution in [0.15, 0.2) is 24.3 Å². The number of Topliss-reactive ketones (excluding diaryl/α,β-unsaturated/α-hetero) is 1. The van der Waals surface area contributed by atoms with Gasteiger partial charge in [0, 0.05) is 37.0 Å². The fraction of sp³-hybridized carbons (Fsp3) is 0.480. The molecule has 0 N–H and O–H groups in total. The molecule has 2 aromatic rings. The van der Waals surface area contributed by atoms with Crippen LogP contribution in [0.4, 0.5) is 4.39 Å². The van der Waals surface area contributed by atoms with Crippen molar-refractivity contribution in [2.45, 2.75) is 52.7 Å². The van der Waals surface area contributed by atoms with Gasteiger partial charge >= 0.3 is 5.97 Å². The van der Waals surface area contributed by atoms with Gasteiger partial charge in [0.15, 0.2) is 5.78 Å². The van der Waals surface area contributed by atoms with Gasteiger partial charge in [-0.3, -0.25) is 9.59 Å². The summed E-state index contributed by atoms with van der Waals surface area (Å²) in [6.45, 7) is 7.97. The summed E-state index contributed by atoms with van der Waals surface area (Å²) in [5.41, 5.74) is 2.16. The van der Waals surface area contributed by atoms with Crippen LogP contribution < -0.4 is 0 Å². The van der Waals surface area contributed by atoms with Crippen LogP contribution in [0.2, 0.25) is 0 Å². The highest BCUT2D eigenvalue weighted by Crippen LogP contribution is 2.26. The lowest BCUT2D eigenvalue weighted by Crippen LogP contribution is -2.47. The lowest BCUT2D eigenvalue weighted by Gasteiger charge is -2.31. The SMILES string of the molecule is CCOC(=O)c1c(C)c(C(=O)C(C)N(CC2CCCO2)C(=O)c2ccc(F)cc2)c(C)n1C. The fourth-order valence-corrected chi connectivity index (χ4v) is 4.36. The second kappa shape index (κ2) is 10.3. The Labute approximate surface area is 193 Å². The van der Waals surface area contributed by atoms with Gasteiger partial charge in [0.05, 0.1) is 18.8 Å². The summed E-state index contributed by atoms with van der Waals surface area (Å²) in [6.07, 6.45) is 1.52. The van der Waals surface area contributed by atoms with E-state index in [0.29, 0.717) is 34.7 Å². The first-order valence-corrected chi connectivity index (χ1v) is 11.2. The van der Waals surface area contributed by atoms with E-state index in [9.17, 15) is 18.8 Å². The minimum Gasteiger partial charge on any atom is -0.461 e. The largest absolute Gasteiger partial charge is 0.461 e. The number of esters is 1. The zero-order chi connectivity index (χ0) is 24.3. The summed E-state index contributed by atoms with van der Waals surface area (Å²) < 4.78 is 25.9. The van der Waals surface area contributed by atoms with Crippen molar-refractivity contribution in [3.63, 3.8) is 0 Å². The quantitative estimate of drug-likeness (QED) is 0.444. The van der Waals surface area contributed by atoms with Crippen molar-refractivity contribution in [3.8, 4) is 0 Å². The van der Waals surface area contributed by atoms with Crippen molar-refractivity contribution in [2.24, 2.45) is 7.05 Å². The standard InChI is InChI=1S/C25H31FN2O5/c1-6-32-25(31)22-15(2)21(16(3)27(22)5)23(29)17(4)28(14-20-8-7-13-33-20)24(30)18-9-11-19(26)12-10-18/h9-12,17,20H,6-8,13-14H2,1-5H3. The number of hydrogen-bond acceptors (Lipinski definition) is 5. The van der Waals surface area contributed by atoms with E-state index in [1.165, 1.54) is 29.2 Å². The van der Waals surface area contributed by atoms with Gasteiger partial charge in [0.25, 0.3) is 5.91 Å². The number of carbonyl (C=O) groups is 3. The van der Waals surface area contributed by atoms with Crippen molar-refractivity contribution in [2.75, 3.05) is 19.8 Å². The number of nitrogens with zero attached hydrogens (tertiary/aromatic N) is 2. The van der Waals surface area contributed by atoms with Crippen molar-refractivity contribution in [3.05, 3.63) is 58.2 Å². The van der Waals surface area contributed by atoms with Crippen molar-refractivity contribution < 1.29 is 28.2 Å². The number of rotatable bonds is 8. The van der Waals surface area contributed by atoms with Crippen molar-refractivity contribution in [1.29, 1.82) is 0 Å². The summed E-state index contributed by atoms with van der Waals surface area (Å²) in [5, 5.41) is 0. The topological polar surface area (TPSA) is 77.8 Å². The van der Waals surface area contributed by atoms with Crippen LogP contribution in [-0.2, 0) is 16.5 Å². The second-order valence-corrected chi connectivity index (χ2v) is 8.35. The predicted molar refractivity (Wildman–Crippen MR) is 121 cm³/mol. The number of amides is 1. The van der Waals surface area contributed by atoms with E-state index in [-0.39, 0.29) is 30.9 Å². The van der Waals surface area contributed by atoms with Crippen LogP contribution in [-0.4, -0.2) is 59.0 Å². The molecule has 2 atom stereocenters. The molecule has 1 saturated heterocycles. The monoisotopic (exact) mass is 458 g/mol. The lowest BCUT2D eigenvalue weighted by atomic mass is 9.98. The second-order valence-electron chi connectivity index (χ2n) is 8.35. The minimum atomic E-state index is -0.818. The maximum Gasteiger partial charge on any atom is 0.355 e. The minimum absolute atomic E-state index is 0.169. The van der Waals surface area contributed by atoms with Gasteiger partial charge in [-0.15, -0.1) is 0 Å². The van der Waals surface area contributed by atoms with Gasteiger partial charge in [-0.2, -0.15) is 0 Å². The summed E-state index contributed by atoms with van der Waals surface area (Å²) >= 11 is 0. The number of benzene rings is 1. The third kappa shape index (κ3) is 5.00. The molecular formula is C25H31FN2O5. The highest BCUT2D eigenvalue weighted by atomic mass is 19.1. The molecule has 1 fully saturated rings. The fourth-order valence-electron chi connectivity index (χ4n) is 4.36. The lowest BCUT2D eigenvalue weighted by molar-refractivity contribution is 0.0410. The third-order valence-electron chi connectivity index (χ3n) is 6.27. The van der Waals surface area contributed by atoms with E-state index in [1.54, 1.807) is 39.3 Å². The van der Waals surface area contributed by atoms with Gasteiger partial charge in [0.1, 0.15) is 11.5 Å². The Morgan fingerprint density at radius 1 is 1.24 bits per heavy atom. The number of aromatic nitrogens is 1. The Morgan fingerprint density at radius 2 is 1.91 bits per heavy atom. The third-order valence-corrected chi connectivity index (χ3v) is 6.27. The molecule has 1 aromatic carbocycles. The van der Waals surface area contributed by atoms with Crippen LogP contribution in [0.5, 0.6) is 0 Å². The smallest absolute Gasteiger partial charge is 0.355 e. The van der Waals surface area contributed by atoms with E-state index in [0.717, 1.165) is 12.8 Å². The van der Waals surface area contributed by atoms with E-state index in [1.807, 2.05) is 0 Å².